The van der Waals surface area contributed by atoms with E-state index in [4.69, 9.17) is 0 Å². The highest BCUT2D eigenvalue weighted by molar-refractivity contribution is 5.15. The lowest BCUT2D eigenvalue weighted by molar-refractivity contribution is 0.473. The zero-order valence-corrected chi connectivity index (χ0v) is 10.00. The number of nitrogens with one attached hydrogen (secondary N) is 1. The topological polar surface area (TPSA) is 12.0 Å². The van der Waals surface area contributed by atoms with Gasteiger partial charge in [-0.1, -0.05) is 50.6 Å². The summed E-state index contributed by atoms with van der Waals surface area (Å²) >= 11 is 0. The molecule has 0 heterocycles. The summed E-state index contributed by atoms with van der Waals surface area (Å²) in [7, 11) is 0. The van der Waals surface area contributed by atoms with Gasteiger partial charge in [0.1, 0.15) is 0 Å². The van der Waals surface area contributed by atoms with Crippen LogP contribution < -0.4 is 5.32 Å². The van der Waals surface area contributed by atoms with E-state index in [1.165, 1.54) is 24.8 Å². The van der Waals surface area contributed by atoms with E-state index in [0.29, 0.717) is 6.04 Å². The molecule has 1 aromatic rings. The second kappa shape index (κ2) is 7.47. The van der Waals surface area contributed by atoms with Crippen molar-refractivity contribution in [2.24, 2.45) is 0 Å². The van der Waals surface area contributed by atoms with Gasteiger partial charge in [0.15, 0.2) is 0 Å². The first kappa shape index (κ1) is 12.3. The molecule has 84 valence electrons. The summed E-state index contributed by atoms with van der Waals surface area (Å²) in [5.41, 5.74) is 1.44. The van der Waals surface area contributed by atoms with Crippen LogP contribution in [-0.4, -0.2) is 12.6 Å². The van der Waals surface area contributed by atoms with Crippen molar-refractivity contribution in [3.63, 3.8) is 0 Å². The van der Waals surface area contributed by atoms with Crippen LogP contribution in [0.2, 0.25) is 0 Å². The van der Waals surface area contributed by atoms with Crippen molar-refractivity contribution in [2.75, 3.05) is 6.54 Å². The van der Waals surface area contributed by atoms with Crippen LogP contribution >= 0.6 is 0 Å². The highest BCUT2D eigenvalue weighted by atomic mass is 14.9. The first-order chi connectivity index (χ1) is 7.36. The Morgan fingerprint density at radius 3 is 2.40 bits per heavy atom. The van der Waals surface area contributed by atoms with Gasteiger partial charge >= 0.3 is 0 Å². The molecule has 0 aromatic heterocycles. The lowest BCUT2D eigenvalue weighted by Crippen LogP contribution is -2.31. The summed E-state index contributed by atoms with van der Waals surface area (Å²) in [5.74, 6) is 0. The first-order valence-electron chi connectivity index (χ1n) is 6.14. The molecule has 0 saturated carbocycles. The molecule has 0 aliphatic carbocycles. The summed E-state index contributed by atoms with van der Waals surface area (Å²) < 4.78 is 0. The second-order valence-electron chi connectivity index (χ2n) is 4.13. The summed E-state index contributed by atoms with van der Waals surface area (Å²) in [6.07, 6.45) is 4.91. The predicted octanol–water partition coefficient (Wildman–Crippen LogP) is 3.40. The number of hydrogen-bond donors (Lipinski definition) is 1. The van der Waals surface area contributed by atoms with E-state index in [1.807, 2.05) is 0 Å². The fourth-order valence-corrected chi connectivity index (χ4v) is 1.87. The molecule has 1 N–H and O–H groups in total. The van der Waals surface area contributed by atoms with Crippen LogP contribution in [0.4, 0.5) is 0 Å². The van der Waals surface area contributed by atoms with Crippen molar-refractivity contribution in [3.8, 4) is 0 Å². The average molecular weight is 205 g/mol. The van der Waals surface area contributed by atoms with Gasteiger partial charge in [0.25, 0.3) is 0 Å². The molecule has 1 atom stereocenters. The Balaban J connectivity index is 2.43. The maximum atomic E-state index is 3.62. The van der Waals surface area contributed by atoms with Gasteiger partial charge in [-0.3, -0.25) is 0 Å². The number of hydrogen-bond acceptors (Lipinski definition) is 1. The average Bonchev–Trinajstić information content (AvgIpc) is 2.28. The Bertz CT molecular complexity index is 243. The molecule has 0 amide bonds. The molecule has 1 heteroatoms. The fourth-order valence-electron chi connectivity index (χ4n) is 1.87. The SMILES string of the molecule is CCCN[C@H](CCC)Cc1ccccc1. The molecule has 0 unspecified atom stereocenters. The van der Waals surface area contributed by atoms with E-state index >= 15 is 0 Å². The normalized spacial score (nSPS) is 12.7. The van der Waals surface area contributed by atoms with Gasteiger partial charge in [0, 0.05) is 6.04 Å². The maximum absolute atomic E-state index is 3.62. The molecule has 1 aromatic carbocycles. The summed E-state index contributed by atoms with van der Waals surface area (Å²) in [4.78, 5) is 0. The lowest BCUT2D eigenvalue weighted by atomic mass is 10.0. The van der Waals surface area contributed by atoms with Crippen LogP contribution in [-0.2, 0) is 6.42 Å². The monoisotopic (exact) mass is 205 g/mol. The molecular formula is C14H23N. The van der Waals surface area contributed by atoms with Gasteiger partial charge in [-0.05, 0) is 31.4 Å². The van der Waals surface area contributed by atoms with Gasteiger partial charge < -0.3 is 5.32 Å². The minimum atomic E-state index is 0.650. The van der Waals surface area contributed by atoms with Gasteiger partial charge in [0.05, 0.1) is 0 Å². The molecule has 0 bridgehead atoms. The summed E-state index contributed by atoms with van der Waals surface area (Å²) in [6.45, 7) is 5.61. The largest absolute Gasteiger partial charge is 0.314 e. The molecule has 0 radical (unpaired) electrons. The predicted molar refractivity (Wildman–Crippen MR) is 67.1 cm³/mol. The van der Waals surface area contributed by atoms with Crippen molar-refractivity contribution in [2.45, 2.75) is 45.6 Å². The number of rotatable bonds is 7. The minimum absolute atomic E-state index is 0.650. The van der Waals surface area contributed by atoms with E-state index in [0.717, 1.165) is 13.0 Å². The van der Waals surface area contributed by atoms with Crippen LogP contribution in [0.3, 0.4) is 0 Å². The molecule has 1 rings (SSSR count). The lowest BCUT2D eigenvalue weighted by Gasteiger charge is -2.17. The van der Waals surface area contributed by atoms with Crippen molar-refractivity contribution >= 4 is 0 Å². The van der Waals surface area contributed by atoms with E-state index in [9.17, 15) is 0 Å². The number of benzene rings is 1. The Morgan fingerprint density at radius 1 is 1.07 bits per heavy atom. The zero-order chi connectivity index (χ0) is 10.9. The van der Waals surface area contributed by atoms with Crippen molar-refractivity contribution in [1.29, 1.82) is 0 Å². The summed E-state index contributed by atoms with van der Waals surface area (Å²) in [5, 5.41) is 3.62. The van der Waals surface area contributed by atoms with Gasteiger partial charge in [-0.2, -0.15) is 0 Å². The maximum Gasteiger partial charge on any atom is 0.0107 e. The van der Waals surface area contributed by atoms with Crippen LogP contribution in [0.25, 0.3) is 0 Å². The van der Waals surface area contributed by atoms with Crippen molar-refractivity contribution in [1.82, 2.24) is 5.32 Å². The van der Waals surface area contributed by atoms with Gasteiger partial charge in [0.2, 0.25) is 0 Å². The quantitative estimate of drug-likeness (QED) is 0.719. The molecular weight excluding hydrogens is 182 g/mol. The molecule has 0 fully saturated rings. The third kappa shape index (κ3) is 4.98. The standard InChI is InChI=1S/C14H23N/c1-3-8-14(15-11-4-2)12-13-9-6-5-7-10-13/h5-7,9-10,14-15H,3-4,8,11-12H2,1-2H3/t14-/m1/s1. The fraction of sp³-hybridized carbons (Fsp3) is 0.571. The molecule has 0 aliphatic heterocycles. The van der Waals surface area contributed by atoms with E-state index in [-0.39, 0.29) is 0 Å². The Morgan fingerprint density at radius 2 is 1.80 bits per heavy atom. The smallest absolute Gasteiger partial charge is 0.0107 e. The van der Waals surface area contributed by atoms with Gasteiger partial charge in [-0.15, -0.1) is 0 Å². The third-order valence-electron chi connectivity index (χ3n) is 2.65. The molecule has 0 aliphatic rings. The highest BCUT2D eigenvalue weighted by Crippen LogP contribution is 2.07. The zero-order valence-electron chi connectivity index (χ0n) is 10.00. The third-order valence-corrected chi connectivity index (χ3v) is 2.65. The summed E-state index contributed by atoms with van der Waals surface area (Å²) in [6, 6.07) is 11.4. The van der Waals surface area contributed by atoms with Crippen LogP contribution in [0.5, 0.6) is 0 Å². The first-order valence-corrected chi connectivity index (χ1v) is 6.14. The Labute approximate surface area is 93.9 Å². The Hall–Kier alpha value is -0.820. The van der Waals surface area contributed by atoms with Crippen LogP contribution in [0.15, 0.2) is 30.3 Å². The Kier molecular flexibility index (Phi) is 6.10. The van der Waals surface area contributed by atoms with Crippen molar-refractivity contribution in [3.05, 3.63) is 35.9 Å². The van der Waals surface area contributed by atoms with Gasteiger partial charge in [-0.25, -0.2) is 0 Å². The molecule has 0 spiro atoms. The van der Waals surface area contributed by atoms with Crippen LogP contribution in [0, 0.1) is 0 Å². The molecule has 1 nitrogen and oxygen atoms in total. The van der Waals surface area contributed by atoms with Crippen molar-refractivity contribution < 1.29 is 0 Å². The second-order valence-corrected chi connectivity index (χ2v) is 4.13. The highest BCUT2D eigenvalue weighted by Gasteiger charge is 2.06. The molecule has 15 heavy (non-hydrogen) atoms. The van der Waals surface area contributed by atoms with Crippen LogP contribution in [0.1, 0.15) is 38.7 Å². The minimum Gasteiger partial charge on any atom is -0.314 e. The molecule has 0 saturated heterocycles. The van der Waals surface area contributed by atoms with E-state index in [2.05, 4.69) is 49.5 Å². The van der Waals surface area contributed by atoms with E-state index in [1.54, 1.807) is 0 Å². The van der Waals surface area contributed by atoms with E-state index < -0.39 is 0 Å².